The minimum absolute atomic E-state index is 0.0644. The van der Waals surface area contributed by atoms with Crippen LogP contribution in [0.1, 0.15) is 17.0 Å². The van der Waals surface area contributed by atoms with Crippen LogP contribution in [0.15, 0.2) is 34.9 Å². The van der Waals surface area contributed by atoms with E-state index in [9.17, 15) is 0 Å². The molecule has 2 aromatic rings. The first-order chi connectivity index (χ1) is 11.2. The van der Waals surface area contributed by atoms with Crippen molar-refractivity contribution in [3.05, 3.63) is 47.3 Å². The molecule has 0 saturated carbocycles. The maximum atomic E-state index is 8.95. The molecule has 1 saturated heterocycles. The monoisotopic (exact) mass is 318 g/mol. The van der Waals surface area contributed by atoms with E-state index in [0.717, 1.165) is 23.4 Å². The first-order valence-electron chi connectivity index (χ1n) is 7.75. The fraction of sp³-hybridized carbons (Fsp3) is 0.471. The number of nitrogens with one attached hydrogen (secondary N) is 1. The summed E-state index contributed by atoms with van der Waals surface area (Å²) >= 11 is 0. The summed E-state index contributed by atoms with van der Waals surface area (Å²) in [6, 6.07) is 9.88. The molecule has 1 aromatic carbocycles. The molecule has 0 aliphatic carbocycles. The fourth-order valence-electron chi connectivity index (χ4n) is 2.76. The Morgan fingerprint density at radius 1 is 1.35 bits per heavy atom. The van der Waals surface area contributed by atoms with Crippen LogP contribution in [0.4, 0.5) is 0 Å². The minimum Gasteiger partial charge on any atom is -0.496 e. The molecule has 0 atom stereocenters. The number of para-hydroxylation sites is 1. The summed E-state index contributed by atoms with van der Waals surface area (Å²) in [5, 5.41) is 16.6. The lowest BCUT2D eigenvalue weighted by molar-refractivity contribution is -0.0756. The summed E-state index contributed by atoms with van der Waals surface area (Å²) in [6.45, 7) is 2.05. The highest BCUT2D eigenvalue weighted by Gasteiger charge is 2.39. The van der Waals surface area contributed by atoms with Crippen molar-refractivity contribution in [1.82, 2.24) is 10.5 Å². The first kappa shape index (κ1) is 16.0. The Hall–Kier alpha value is -1.89. The molecule has 1 aliphatic rings. The number of hydrogen-bond donors (Lipinski definition) is 2. The highest BCUT2D eigenvalue weighted by atomic mass is 16.5. The number of aliphatic hydroxyl groups is 1. The molecule has 0 amide bonds. The van der Waals surface area contributed by atoms with Gasteiger partial charge >= 0.3 is 0 Å². The van der Waals surface area contributed by atoms with Gasteiger partial charge in [0.2, 0.25) is 0 Å². The second kappa shape index (κ2) is 7.12. The molecular weight excluding hydrogens is 296 g/mol. The summed E-state index contributed by atoms with van der Waals surface area (Å²) in [5.41, 5.74) is 1.86. The molecule has 1 aromatic heterocycles. The van der Waals surface area contributed by atoms with Crippen LogP contribution in [0.25, 0.3) is 0 Å². The molecule has 3 rings (SSSR count). The Morgan fingerprint density at radius 3 is 2.87 bits per heavy atom. The molecule has 0 spiro atoms. The third-order valence-electron chi connectivity index (χ3n) is 4.09. The van der Waals surface area contributed by atoms with Gasteiger partial charge in [-0.25, -0.2) is 0 Å². The molecule has 6 heteroatoms. The zero-order valence-electron chi connectivity index (χ0n) is 13.2. The van der Waals surface area contributed by atoms with Crippen LogP contribution in [-0.4, -0.2) is 42.7 Å². The number of benzene rings is 1. The Morgan fingerprint density at radius 2 is 2.17 bits per heavy atom. The minimum atomic E-state index is -0.131. The third kappa shape index (κ3) is 3.72. The Kier molecular flexibility index (Phi) is 4.95. The van der Waals surface area contributed by atoms with E-state index in [-0.39, 0.29) is 12.1 Å². The summed E-state index contributed by atoms with van der Waals surface area (Å²) in [5.74, 6) is 1.59. The number of hydrogen-bond acceptors (Lipinski definition) is 6. The maximum absolute atomic E-state index is 8.95. The van der Waals surface area contributed by atoms with Gasteiger partial charge in [-0.15, -0.1) is 0 Å². The summed E-state index contributed by atoms with van der Waals surface area (Å²) in [7, 11) is 1.68. The van der Waals surface area contributed by atoms with Gasteiger partial charge in [-0.3, -0.25) is 0 Å². The first-order valence-corrected chi connectivity index (χ1v) is 7.75. The van der Waals surface area contributed by atoms with Gasteiger partial charge in [0.25, 0.3) is 0 Å². The van der Waals surface area contributed by atoms with Gasteiger partial charge < -0.3 is 24.4 Å². The number of methoxy groups -OCH3 is 1. The van der Waals surface area contributed by atoms with Crippen molar-refractivity contribution < 1.29 is 19.1 Å². The lowest BCUT2D eigenvalue weighted by atomic mass is 9.90. The van der Waals surface area contributed by atoms with Crippen molar-refractivity contribution in [3.63, 3.8) is 0 Å². The topological polar surface area (TPSA) is 76.8 Å². The predicted molar refractivity (Wildman–Crippen MR) is 84.4 cm³/mol. The lowest BCUT2D eigenvalue weighted by Gasteiger charge is -2.42. The van der Waals surface area contributed by atoms with Gasteiger partial charge in [0.05, 0.1) is 38.2 Å². The number of nitrogens with zero attached hydrogens (tertiary/aromatic N) is 1. The van der Waals surface area contributed by atoms with E-state index < -0.39 is 0 Å². The summed E-state index contributed by atoms with van der Waals surface area (Å²) < 4.78 is 16.0. The van der Waals surface area contributed by atoms with E-state index in [1.807, 2.05) is 24.3 Å². The van der Waals surface area contributed by atoms with Gasteiger partial charge in [0.1, 0.15) is 11.5 Å². The standard InChI is InChI=1S/C17H22N2O4/c1-21-16-5-3-2-4-13(16)10-18-17(11-22-12-17)9-14-8-15(6-7-20)23-19-14/h2-5,8,18,20H,6-7,9-12H2,1H3. The van der Waals surface area contributed by atoms with E-state index in [1.54, 1.807) is 7.11 Å². The number of aromatic nitrogens is 1. The third-order valence-corrected chi connectivity index (χ3v) is 4.09. The quantitative estimate of drug-likeness (QED) is 0.764. The van der Waals surface area contributed by atoms with Crippen LogP contribution in [-0.2, 0) is 24.1 Å². The Balaban J connectivity index is 1.64. The fourth-order valence-corrected chi connectivity index (χ4v) is 2.76. The van der Waals surface area contributed by atoms with Crippen molar-refractivity contribution >= 4 is 0 Å². The molecule has 0 unspecified atom stereocenters. The van der Waals surface area contributed by atoms with Crippen molar-refractivity contribution in [2.75, 3.05) is 26.9 Å². The van der Waals surface area contributed by atoms with E-state index in [4.69, 9.17) is 19.1 Å². The van der Waals surface area contributed by atoms with Crippen LogP contribution in [0.5, 0.6) is 5.75 Å². The average molecular weight is 318 g/mol. The zero-order valence-corrected chi connectivity index (χ0v) is 13.2. The molecule has 2 heterocycles. The second-order valence-electron chi connectivity index (χ2n) is 5.87. The normalized spacial score (nSPS) is 16.1. The molecule has 1 aliphatic heterocycles. The molecule has 0 bridgehead atoms. The SMILES string of the molecule is COc1ccccc1CNC1(Cc2cc(CCO)on2)COC1. The molecule has 23 heavy (non-hydrogen) atoms. The molecule has 1 fully saturated rings. The predicted octanol–water partition coefficient (Wildman–Crippen LogP) is 1.32. The van der Waals surface area contributed by atoms with Crippen molar-refractivity contribution in [1.29, 1.82) is 0 Å². The van der Waals surface area contributed by atoms with Gasteiger partial charge in [-0.05, 0) is 6.07 Å². The smallest absolute Gasteiger partial charge is 0.139 e. The van der Waals surface area contributed by atoms with Crippen molar-refractivity contribution in [2.45, 2.75) is 24.9 Å². The number of ether oxygens (including phenoxy) is 2. The van der Waals surface area contributed by atoms with Crippen LogP contribution in [0, 0.1) is 0 Å². The second-order valence-corrected chi connectivity index (χ2v) is 5.87. The number of aliphatic hydroxyl groups excluding tert-OH is 1. The van der Waals surface area contributed by atoms with E-state index >= 15 is 0 Å². The summed E-state index contributed by atoms with van der Waals surface area (Å²) in [6.07, 6.45) is 1.22. The van der Waals surface area contributed by atoms with Gasteiger partial charge in [-0.1, -0.05) is 23.4 Å². The van der Waals surface area contributed by atoms with Crippen LogP contribution >= 0.6 is 0 Å². The largest absolute Gasteiger partial charge is 0.496 e. The molecular formula is C17H22N2O4. The lowest BCUT2D eigenvalue weighted by Crippen LogP contribution is -2.61. The molecule has 0 radical (unpaired) electrons. The highest BCUT2D eigenvalue weighted by Crippen LogP contribution is 2.25. The Bertz CT molecular complexity index is 637. The summed E-state index contributed by atoms with van der Waals surface area (Å²) in [4.78, 5) is 0. The van der Waals surface area contributed by atoms with E-state index in [1.165, 1.54) is 0 Å². The van der Waals surface area contributed by atoms with E-state index in [0.29, 0.717) is 31.9 Å². The highest BCUT2D eigenvalue weighted by molar-refractivity contribution is 5.33. The van der Waals surface area contributed by atoms with Gasteiger partial charge in [-0.2, -0.15) is 0 Å². The van der Waals surface area contributed by atoms with E-state index in [2.05, 4.69) is 16.5 Å². The van der Waals surface area contributed by atoms with Crippen molar-refractivity contribution in [2.24, 2.45) is 0 Å². The van der Waals surface area contributed by atoms with Crippen LogP contribution in [0.3, 0.4) is 0 Å². The van der Waals surface area contributed by atoms with Gasteiger partial charge in [0.15, 0.2) is 0 Å². The molecule has 6 nitrogen and oxygen atoms in total. The van der Waals surface area contributed by atoms with Crippen molar-refractivity contribution in [3.8, 4) is 5.75 Å². The zero-order chi connectivity index (χ0) is 16.1. The molecule has 2 N–H and O–H groups in total. The van der Waals surface area contributed by atoms with Gasteiger partial charge in [0, 0.05) is 31.0 Å². The molecule has 124 valence electrons. The maximum Gasteiger partial charge on any atom is 0.139 e. The Labute approximate surface area is 135 Å². The van der Waals surface area contributed by atoms with Crippen LogP contribution in [0.2, 0.25) is 0 Å². The van der Waals surface area contributed by atoms with Crippen LogP contribution < -0.4 is 10.1 Å². The average Bonchev–Trinajstić information content (AvgIpc) is 2.97. The number of rotatable bonds is 8.